The number of amides is 1. The van der Waals surface area contributed by atoms with Crippen molar-refractivity contribution in [2.24, 2.45) is 5.10 Å². The molecule has 5 nitrogen and oxygen atoms in total. The van der Waals surface area contributed by atoms with Crippen LogP contribution in [0.25, 0.3) is 17.0 Å². The fraction of sp³-hybridized carbons (Fsp3) is 0.0500. The molecule has 176 valence electrons. The number of carbonyl (C=O) groups is 1. The smallest absolute Gasteiger partial charge is 0.435 e. The Labute approximate surface area is 193 Å². The first-order chi connectivity index (χ1) is 15.8. The molecule has 1 aliphatic rings. The van der Waals surface area contributed by atoms with E-state index in [-0.39, 0.29) is 27.1 Å². The van der Waals surface area contributed by atoms with Gasteiger partial charge in [-0.15, -0.1) is 0 Å². The van der Waals surface area contributed by atoms with Gasteiger partial charge in [-0.3, -0.25) is 9.59 Å². The predicted octanol–water partition coefficient (Wildman–Crippen LogP) is 6.00. The first kappa shape index (κ1) is 23.8. The van der Waals surface area contributed by atoms with Crippen molar-refractivity contribution in [3.05, 3.63) is 79.1 Å². The highest BCUT2D eigenvalue weighted by Crippen LogP contribution is 2.36. The summed E-state index contributed by atoms with van der Waals surface area (Å²) in [5, 5.41) is 2.01. The van der Waals surface area contributed by atoms with Crippen LogP contribution in [0.3, 0.4) is 0 Å². The highest BCUT2D eigenvalue weighted by atomic mass is 35.5. The Morgan fingerprint density at radius 3 is 2.18 bits per heavy atom. The molecule has 14 heteroatoms. The van der Waals surface area contributed by atoms with E-state index in [1.165, 1.54) is 6.07 Å². The molecule has 34 heavy (non-hydrogen) atoms. The van der Waals surface area contributed by atoms with Gasteiger partial charge in [-0.05, 0) is 18.2 Å². The van der Waals surface area contributed by atoms with E-state index in [1.54, 1.807) is 0 Å². The third kappa shape index (κ3) is 3.82. The van der Waals surface area contributed by atoms with E-state index in [0.29, 0.717) is 12.3 Å². The molecule has 1 aromatic heterocycles. The summed E-state index contributed by atoms with van der Waals surface area (Å²) >= 11 is 11.7. The SMILES string of the molecule is O=C1/C(=C\c2coc3c(Cl)cc(Cl)cc3c2=O)C(C(F)(F)F)=NN1c1c(F)c(F)cc(F)c1F. The average Bonchev–Trinajstić information content (AvgIpc) is 3.06. The van der Waals surface area contributed by atoms with Gasteiger partial charge < -0.3 is 4.42 Å². The minimum Gasteiger partial charge on any atom is -0.462 e. The number of hydrogen-bond donors (Lipinski definition) is 0. The number of carbonyl (C=O) groups excluding carboxylic acids is 1. The molecule has 0 radical (unpaired) electrons. The number of rotatable bonds is 2. The zero-order valence-corrected chi connectivity index (χ0v) is 17.4. The van der Waals surface area contributed by atoms with Crippen LogP contribution in [-0.4, -0.2) is 17.8 Å². The lowest BCUT2D eigenvalue weighted by Gasteiger charge is -2.14. The molecule has 0 N–H and O–H groups in total. The highest BCUT2D eigenvalue weighted by Gasteiger charge is 2.48. The molecule has 0 fully saturated rings. The van der Waals surface area contributed by atoms with Gasteiger partial charge in [0.2, 0.25) is 0 Å². The second-order valence-electron chi connectivity index (χ2n) is 6.72. The largest absolute Gasteiger partial charge is 0.462 e. The topological polar surface area (TPSA) is 62.9 Å². The van der Waals surface area contributed by atoms with Crippen LogP contribution in [-0.2, 0) is 4.79 Å². The predicted molar refractivity (Wildman–Crippen MR) is 108 cm³/mol. The molecule has 0 spiro atoms. The van der Waals surface area contributed by atoms with Gasteiger partial charge in [-0.25, -0.2) is 17.6 Å². The molecule has 3 aromatic rings. The summed E-state index contributed by atoms with van der Waals surface area (Å²) < 4.78 is 101. The van der Waals surface area contributed by atoms with Crippen molar-refractivity contribution in [3.8, 4) is 0 Å². The molecular weight excluding hydrogens is 520 g/mol. The van der Waals surface area contributed by atoms with Crippen molar-refractivity contribution < 1.29 is 39.9 Å². The van der Waals surface area contributed by atoms with Crippen LogP contribution in [0, 0.1) is 23.3 Å². The molecule has 0 aliphatic carbocycles. The van der Waals surface area contributed by atoms with Crippen molar-refractivity contribution in [2.45, 2.75) is 6.18 Å². The van der Waals surface area contributed by atoms with Gasteiger partial charge in [0.1, 0.15) is 12.0 Å². The maximum absolute atomic E-state index is 14.1. The van der Waals surface area contributed by atoms with E-state index in [4.69, 9.17) is 27.6 Å². The van der Waals surface area contributed by atoms with E-state index in [1.807, 2.05) is 0 Å². The van der Waals surface area contributed by atoms with Gasteiger partial charge >= 0.3 is 6.18 Å². The summed E-state index contributed by atoms with van der Waals surface area (Å²) in [6, 6.07) is 2.15. The number of benzene rings is 2. The third-order valence-electron chi connectivity index (χ3n) is 4.57. The van der Waals surface area contributed by atoms with Crippen LogP contribution in [0.4, 0.5) is 36.4 Å². The Morgan fingerprint density at radius 1 is 0.971 bits per heavy atom. The molecule has 0 saturated carbocycles. The number of anilines is 1. The summed E-state index contributed by atoms with van der Waals surface area (Å²) in [7, 11) is 0. The lowest BCUT2D eigenvalue weighted by atomic mass is 10.1. The Balaban J connectivity index is 1.93. The van der Waals surface area contributed by atoms with E-state index in [0.717, 1.165) is 6.07 Å². The monoisotopic (exact) mass is 524 g/mol. The van der Waals surface area contributed by atoms with Gasteiger partial charge in [0, 0.05) is 11.1 Å². The molecule has 0 atom stereocenters. The minimum absolute atomic E-state index is 0.00524. The fourth-order valence-corrected chi connectivity index (χ4v) is 3.63. The summed E-state index contributed by atoms with van der Waals surface area (Å²) in [5.74, 6) is -10.1. The molecule has 2 aromatic carbocycles. The standard InChI is InChI=1S/C20H5Cl2F7N2O3/c21-7-2-8-16(32)6(5-34-17(8)10(22)3-7)1-9-18(20(27,28)29)30-31(19(9)33)15-13(25)11(23)4-12(24)14(15)26/h1-5H/b9-1-. The lowest BCUT2D eigenvalue weighted by Crippen LogP contribution is -2.26. The molecule has 1 aliphatic heterocycles. The fourth-order valence-electron chi connectivity index (χ4n) is 3.09. The van der Waals surface area contributed by atoms with Gasteiger partial charge in [-0.2, -0.15) is 23.3 Å². The van der Waals surface area contributed by atoms with Crippen molar-refractivity contribution in [1.82, 2.24) is 0 Å². The van der Waals surface area contributed by atoms with Gasteiger partial charge in [0.05, 0.1) is 21.5 Å². The number of fused-ring (bicyclic) bond motifs is 1. The van der Waals surface area contributed by atoms with Crippen LogP contribution < -0.4 is 10.4 Å². The number of alkyl halides is 3. The van der Waals surface area contributed by atoms with Crippen LogP contribution in [0.15, 0.2) is 44.3 Å². The van der Waals surface area contributed by atoms with E-state index in [2.05, 4.69) is 5.10 Å². The molecule has 4 rings (SSSR count). The number of halogens is 9. The second-order valence-corrected chi connectivity index (χ2v) is 7.57. The second kappa shape index (κ2) is 8.13. The van der Waals surface area contributed by atoms with Gasteiger partial charge in [0.25, 0.3) is 5.91 Å². The van der Waals surface area contributed by atoms with Crippen LogP contribution in [0.1, 0.15) is 5.56 Å². The lowest BCUT2D eigenvalue weighted by molar-refractivity contribution is -0.114. The number of nitrogens with zero attached hydrogens (tertiary/aromatic N) is 2. The molecule has 0 saturated heterocycles. The van der Waals surface area contributed by atoms with Crippen molar-refractivity contribution >= 4 is 57.6 Å². The normalized spacial score (nSPS) is 15.6. The Kier molecular flexibility index (Phi) is 5.68. The van der Waals surface area contributed by atoms with E-state index in [9.17, 15) is 40.3 Å². The zero-order valence-electron chi connectivity index (χ0n) is 15.9. The Morgan fingerprint density at radius 2 is 1.59 bits per heavy atom. The van der Waals surface area contributed by atoms with Crippen molar-refractivity contribution in [3.63, 3.8) is 0 Å². The highest BCUT2D eigenvalue weighted by molar-refractivity contribution is 6.38. The number of hydrazone groups is 1. The third-order valence-corrected chi connectivity index (χ3v) is 5.06. The number of hydrogen-bond acceptors (Lipinski definition) is 4. The first-order valence-corrected chi connectivity index (χ1v) is 9.52. The molecular formula is C20H5Cl2F7N2O3. The summed E-state index contributed by atoms with van der Waals surface area (Å²) in [6.45, 7) is 0. The van der Waals surface area contributed by atoms with E-state index < -0.39 is 68.3 Å². The molecule has 0 bridgehead atoms. The summed E-state index contributed by atoms with van der Waals surface area (Å²) in [6.07, 6.45) is -4.29. The van der Waals surface area contributed by atoms with E-state index >= 15 is 0 Å². The minimum atomic E-state index is -5.38. The van der Waals surface area contributed by atoms with Crippen molar-refractivity contribution in [2.75, 3.05) is 5.01 Å². The van der Waals surface area contributed by atoms with Crippen LogP contribution in [0.5, 0.6) is 0 Å². The first-order valence-electron chi connectivity index (χ1n) is 8.77. The quantitative estimate of drug-likeness (QED) is 0.234. The summed E-state index contributed by atoms with van der Waals surface area (Å²) in [4.78, 5) is 25.4. The van der Waals surface area contributed by atoms with Gasteiger partial charge in [-0.1, -0.05) is 23.2 Å². The maximum Gasteiger partial charge on any atom is 0.435 e. The molecule has 2 heterocycles. The molecule has 0 unspecified atom stereocenters. The Bertz CT molecular complexity index is 1490. The van der Waals surface area contributed by atoms with Crippen LogP contribution in [0.2, 0.25) is 10.0 Å². The average molecular weight is 525 g/mol. The Hall–Kier alpha value is -3.38. The summed E-state index contributed by atoms with van der Waals surface area (Å²) in [5.41, 5.74) is -6.86. The zero-order chi connectivity index (χ0) is 25.1. The van der Waals surface area contributed by atoms with Crippen LogP contribution >= 0.6 is 23.2 Å². The van der Waals surface area contributed by atoms with Gasteiger partial charge in [0.15, 0.2) is 40.0 Å². The maximum atomic E-state index is 14.1. The molecule has 1 amide bonds. The van der Waals surface area contributed by atoms with Crippen molar-refractivity contribution in [1.29, 1.82) is 0 Å².